The van der Waals surface area contributed by atoms with Crippen molar-refractivity contribution < 1.29 is 0 Å². The molecule has 1 aromatic heterocycles. The molecular formula is C14H24N4. The zero-order valence-corrected chi connectivity index (χ0v) is 11.7. The summed E-state index contributed by atoms with van der Waals surface area (Å²) >= 11 is 0. The number of nitrogens with one attached hydrogen (secondary N) is 1. The summed E-state index contributed by atoms with van der Waals surface area (Å²) in [5.41, 5.74) is 0.678. The van der Waals surface area contributed by atoms with E-state index in [0.29, 0.717) is 0 Å². The van der Waals surface area contributed by atoms with E-state index in [1.807, 2.05) is 30.8 Å². The van der Waals surface area contributed by atoms with Crippen LogP contribution in [0.2, 0.25) is 0 Å². The van der Waals surface area contributed by atoms with E-state index in [2.05, 4.69) is 23.4 Å². The molecular weight excluding hydrogens is 224 g/mol. The Morgan fingerprint density at radius 3 is 2.83 bits per heavy atom. The molecule has 4 nitrogen and oxygen atoms in total. The zero-order chi connectivity index (χ0) is 13.4. The van der Waals surface area contributed by atoms with Gasteiger partial charge in [-0.05, 0) is 52.1 Å². The van der Waals surface area contributed by atoms with Gasteiger partial charge in [0.15, 0.2) is 0 Å². The third kappa shape index (κ3) is 4.89. The van der Waals surface area contributed by atoms with Crippen molar-refractivity contribution in [3.05, 3.63) is 18.0 Å². The summed E-state index contributed by atoms with van der Waals surface area (Å²) in [6, 6.07) is 4.40. The number of hydrogen-bond donors (Lipinski definition) is 1. The molecule has 0 radical (unpaired) electrons. The smallest absolute Gasteiger partial charge is 0.103 e. The van der Waals surface area contributed by atoms with Gasteiger partial charge in [0.25, 0.3) is 0 Å². The number of aryl methyl sites for hydroxylation is 2. The fourth-order valence-electron chi connectivity index (χ4n) is 1.92. The van der Waals surface area contributed by atoms with E-state index in [1.165, 1.54) is 0 Å². The Bertz CT molecular complexity index is 391. The first-order chi connectivity index (χ1) is 8.59. The van der Waals surface area contributed by atoms with Crippen LogP contribution in [0.25, 0.3) is 0 Å². The van der Waals surface area contributed by atoms with Crippen molar-refractivity contribution in [2.45, 2.75) is 58.5 Å². The highest BCUT2D eigenvalue weighted by Crippen LogP contribution is 2.13. The van der Waals surface area contributed by atoms with Gasteiger partial charge in [0.05, 0.1) is 11.8 Å². The highest BCUT2D eigenvalue weighted by atomic mass is 15.3. The molecule has 0 saturated heterocycles. The maximum Gasteiger partial charge on any atom is 0.103 e. The summed E-state index contributed by atoms with van der Waals surface area (Å²) in [6.07, 6.45) is 6.06. The first kappa shape index (κ1) is 14.7. The van der Waals surface area contributed by atoms with Gasteiger partial charge >= 0.3 is 0 Å². The van der Waals surface area contributed by atoms with Gasteiger partial charge in [0, 0.05) is 12.7 Å². The summed E-state index contributed by atoms with van der Waals surface area (Å²) in [7, 11) is 0. The van der Waals surface area contributed by atoms with Gasteiger partial charge in [-0.2, -0.15) is 10.4 Å². The van der Waals surface area contributed by atoms with Crippen molar-refractivity contribution in [3.8, 4) is 6.07 Å². The lowest BCUT2D eigenvalue weighted by Gasteiger charge is -2.22. The van der Waals surface area contributed by atoms with Crippen molar-refractivity contribution in [1.29, 1.82) is 5.26 Å². The van der Waals surface area contributed by atoms with Crippen LogP contribution in [0.5, 0.6) is 0 Å². The minimum Gasteiger partial charge on any atom is -0.300 e. The third-order valence-electron chi connectivity index (χ3n) is 3.10. The van der Waals surface area contributed by atoms with Gasteiger partial charge in [0.2, 0.25) is 0 Å². The van der Waals surface area contributed by atoms with Gasteiger partial charge < -0.3 is 0 Å². The lowest BCUT2D eigenvalue weighted by Crippen LogP contribution is -2.41. The number of nitrogens with zero attached hydrogens (tertiary/aromatic N) is 3. The van der Waals surface area contributed by atoms with Gasteiger partial charge in [-0.1, -0.05) is 6.92 Å². The molecule has 4 heteroatoms. The van der Waals surface area contributed by atoms with Crippen molar-refractivity contribution in [3.63, 3.8) is 0 Å². The second-order valence-electron chi connectivity index (χ2n) is 5.05. The maximum atomic E-state index is 9.20. The standard InChI is InChI=1S/C14H24N4/c1-4-9-16-14(3,12-15)8-5-6-10-18-11-7-13(2)17-18/h7,11,16H,4-6,8-10H2,1-3H3. The van der Waals surface area contributed by atoms with Crippen molar-refractivity contribution in [1.82, 2.24) is 15.1 Å². The van der Waals surface area contributed by atoms with Crippen molar-refractivity contribution >= 4 is 0 Å². The zero-order valence-electron chi connectivity index (χ0n) is 11.7. The van der Waals surface area contributed by atoms with Crippen LogP contribution in [0.15, 0.2) is 12.3 Å². The predicted octanol–water partition coefficient (Wildman–Crippen LogP) is 2.64. The molecule has 0 saturated carbocycles. The van der Waals surface area contributed by atoms with Crippen molar-refractivity contribution in [2.75, 3.05) is 6.54 Å². The number of hydrogen-bond acceptors (Lipinski definition) is 3. The molecule has 0 amide bonds. The van der Waals surface area contributed by atoms with Gasteiger partial charge in [0.1, 0.15) is 5.54 Å². The Balaban J connectivity index is 2.25. The number of nitriles is 1. The number of unbranched alkanes of at least 4 members (excludes halogenated alkanes) is 1. The highest BCUT2D eigenvalue weighted by Gasteiger charge is 2.21. The topological polar surface area (TPSA) is 53.6 Å². The van der Waals surface area contributed by atoms with Crippen LogP contribution in [-0.2, 0) is 6.54 Å². The molecule has 0 bridgehead atoms. The minimum atomic E-state index is -0.379. The first-order valence-corrected chi connectivity index (χ1v) is 6.76. The second-order valence-corrected chi connectivity index (χ2v) is 5.05. The highest BCUT2D eigenvalue weighted by molar-refractivity contribution is 5.03. The summed E-state index contributed by atoms with van der Waals surface area (Å²) in [6.45, 7) is 7.94. The van der Waals surface area contributed by atoms with Gasteiger partial charge in [-0.25, -0.2) is 0 Å². The van der Waals surface area contributed by atoms with Crippen LogP contribution in [-0.4, -0.2) is 21.9 Å². The molecule has 1 N–H and O–H groups in total. The van der Waals surface area contributed by atoms with Crippen LogP contribution in [0.1, 0.15) is 45.2 Å². The molecule has 1 aromatic rings. The summed E-state index contributed by atoms with van der Waals surface area (Å²) in [5.74, 6) is 0. The van der Waals surface area contributed by atoms with E-state index in [-0.39, 0.29) is 5.54 Å². The molecule has 0 aliphatic heterocycles. The molecule has 1 atom stereocenters. The summed E-state index contributed by atoms with van der Waals surface area (Å²) in [5, 5.41) is 16.9. The summed E-state index contributed by atoms with van der Waals surface area (Å²) < 4.78 is 1.97. The molecule has 1 rings (SSSR count). The minimum absolute atomic E-state index is 0.379. The third-order valence-corrected chi connectivity index (χ3v) is 3.10. The van der Waals surface area contributed by atoms with Crippen LogP contribution >= 0.6 is 0 Å². The van der Waals surface area contributed by atoms with E-state index in [1.54, 1.807) is 0 Å². The van der Waals surface area contributed by atoms with E-state index < -0.39 is 0 Å². The Labute approximate surface area is 110 Å². The first-order valence-electron chi connectivity index (χ1n) is 6.76. The largest absolute Gasteiger partial charge is 0.300 e. The quantitative estimate of drug-likeness (QED) is 0.720. The monoisotopic (exact) mass is 248 g/mol. The van der Waals surface area contributed by atoms with Gasteiger partial charge in [-0.15, -0.1) is 0 Å². The maximum absolute atomic E-state index is 9.20. The van der Waals surface area contributed by atoms with E-state index in [9.17, 15) is 5.26 Å². The van der Waals surface area contributed by atoms with Gasteiger partial charge in [-0.3, -0.25) is 10.00 Å². The lowest BCUT2D eigenvalue weighted by atomic mass is 9.96. The normalized spacial score (nSPS) is 14.1. The fraction of sp³-hybridized carbons (Fsp3) is 0.714. The molecule has 0 fully saturated rings. The molecule has 1 heterocycles. The Morgan fingerprint density at radius 1 is 1.50 bits per heavy atom. The number of rotatable bonds is 8. The Kier molecular flexibility index (Phi) is 5.87. The SMILES string of the molecule is CCCNC(C)(C#N)CCCCn1ccc(C)n1. The lowest BCUT2D eigenvalue weighted by molar-refractivity contribution is 0.393. The molecule has 0 aliphatic rings. The average molecular weight is 248 g/mol. The fourth-order valence-corrected chi connectivity index (χ4v) is 1.92. The van der Waals surface area contributed by atoms with Crippen molar-refractivity contribution in [2.24, 2.45) is 0 Å². The molecule has 0 aliphatic carbocycles. The molecule has 0 spiro atoms. The summed E-state index contributed by atoms with van der Waals surface area (Å²) in [4.78, 5) is 0. The Hall–Kier alpha value is -1.34. The van der Waals surface area contributed by atoms with E-state index in [4.69, 9.17) is 0 Å². The van der Waals surface area contributed by atoms with Crippen LogP contribution in [0.3, 0.4) is 0 Å². The van der Waals surface area contributed by atoms with E-state index >= 15 is 0 Å². The predicted molar refractivity (Wildman–Crippen MR) is 73.1 cm³/mol. The molecule has 18 heavy (non-hydrogen) atoms. The van der Waals surface area contributed by atoms with Crippen LogP contribution in [0.4, 0.5) is 0 Å². The van der Waals surface area contributed by atoms with E-state index in [0.717, 1.165) is 44.5 Å². The van der Waals surface area contributed by atoms with Crippen LogP contribution < -0.4 is 5.32 Å². The number of aromatic nitrogens is 2. The second kappa shape index (κ2) is 7.17. The Morgan fingerprint density at radius 2 is 2.28 bits per heavy atom. The molecule has 100 valence electrons. The molecule has 1 unspecified atom stereocenters. The van der Waals surface area contributed by atoms with Crippen LogP contribution in [0, 0.1) is 18.3 Å². The molecule has 0 aromatic carbocycles. The average Bonchev–Trinajstić information content (AvgIpc) is 2.78.